The minimum atomic E-state index is -0.433. The number of carbonyl (C=O) groups is 1. The SMILES string of the molecule is COC(=O)C(N)C1CCNCC1.Cl.Cl. The highest BCUT2D eigenvalue weighted by atomic mass is 35.5. The molecule has 1 rings (SSSR count). The van der Waals surface area contributed by atoms with E-state index in [4.69, 9.17) is 5.73 Å². The van der Waals surface area contributed by atoms with Crippen molar-refractivity contribution >= 4 is 30.8 Å². The summed E-state index contributed by atoms with van der Waals surface area (Å²) in [6, 6.07) is -0.433. The molecular formula is C8H18Cl2N2O2. The van der Waals surface area contributed by atoms with E-state index in [1.807, 2.05) is 0 Å². The van der Waals surface area contributed by atoms with E-state index in [1.165, 1.54) is 7.11 Å². The molecule has 1 saturated heterocycles. The van der Waals surface area contributed by atoms with Gasteiger partial charge >= 0.3 is 5.97 Å². The van der Waals surface area contributed by atoms with E-state index >= 15 is 0 Å². The van der Waals surface area contributed by atoms with Crippen LogP contribution in [0.4, 0.5) is 0 Å². The lowest BCUT2D eigenvalue weighted by Crippen LogP contribution is -2.43. The Bertz CT molecular complexity index is 163. The number of rotatable bonds is 2. The molecule has 0 aromatic carbocycles. The van der Waals surface area contributed by atoms with Gasteiger partial charge in [0, 0.05) is 0 Å². The van der Waals surface area contributed by atoms with Crippen molar-refractivity contribution in [3.05, 3.63) is 0 Å². The van der Waals surface area contributed by atoms with Crippen molar-refractivity contribution in [2.75, 3.05) is 20.2 Å². The highest BCUT2D eigenvalue weighted by molar-refractivity contribution is 5.85. The van der Waals surface area contributed by atoms with Crippen LogP contribution in [0.15, 0.2) is 0 Å². The normalized spacial score (nSPS) is 18.7. The Hall–Kier alpha value is -0.0300. The van der Waals surface area contributed by atoms with E-state index in [0.717, 1.165) is 25.9 Å². The third-order valence-electron chi connectivity index (χ3n) is 2.37. The van der Waals surface area contributed by atoms with Crippen LogP contribution in [0.3, 0.4) is 0 Å². The van der Waals surface area contributed by atoms with Crippen molar-refractivity contribution < 1.29 is 9.53 Å². The van der Waals surface area contributed by atoms with E-state index in [-0.39, 0.29) is 30.8 Å². The Labute approximate surface area is 96.8 Å². The maximum atomic E-state index is 11.0. The summed E-state index contributed by atoms with van der Waals surface area (Å²) in [6.45, 7) is 1.91. The van der Waals surface area contributed by atoms with Crippen LogP contribution in [0.1, 0.15) is 12.8 Å². The van der Waals surface area contributed by atoms with Crippen LogP contribution in [0.2, 0.25) is 0 Å². The maximum Gasteiger partial charge on any atom is 0.322 e. The molecule has 0 spiro atoms. The van der Waals surface area contributed by atoms with Gasteiger partial charge in [-0.05, 0) is 31.8 Å². The molecule has 1 atom stereocenters. The number of hydrogen-bond donors (Lipinski definition) is 2. The zero-order valence-electron chi connectivity index (χ0n) is 8.19. The topological polar surface area (TPSA) is 64.3 Å². The number of esters is 1. The predicted molar refractivity (Wildman–Crippen MR) is 60.1 cm³/mol. The van der Waals surface area contributed by atoms with Crippen molar-refractivity contribution in [1.82, 2.24) is 5.32 Å². The molecule has 0 radical (unpaired) electrons. The van der Waals surface area contributed by atoms with E-state index in [0.29, 0.717) is 5.92 Å². The Morgan fingerprint density at radius 2 is 1.93 bits per heavy atom. The molecule has 1 fully saturated rings. The highest BCUT2D eigenvalue weighted by Crippen LogP contribution is 2.15. The fraction of sp³-hybridized carbons (Fsp3) is 0.875. The van der Waals surface area contributed by atoms with Crippen molar-refractivity contribution in [2.45, 2.75) is 18.9 Å². The third kappa shape index (κ3) is 4.46. The summed E-state index contributed by atoms with van der Waals surface area (Å²) in [7, 11) is 1.38. The lowest BCUT2D eigenvalue weighted by molar-refractivity contribution is -0.143. The minimum Gasteiger partial charge on any atom is -0.468 e. The van der Waals surface area contributed by atoms with Gasteiger partial charge in [0.15, 0.2) is 0 Å². The van der Waals surface area contributed by atoms with E-state index in [2.05, 4.69) is 10.1 Å². The van der Waals surface area contributed by atoms with Gasteiger partial charge in [0.25, 0.3) is 0 Å². The molecule has 1 heterocycles. The molecule has 3 N–H and O–H groups in total. The molecule has 1 aliphatic rings. The standard InChI is InChI=1S/C8H16N2O2.2ClH/c1-12-8(11)7(9)6-2-4-10-5-3-6;;/h6-7,10H,2-5,9H2,1H3;2*1H. The number of hydrogen-bond acceptors (Lipinski definition) is 4. The van der Waals surface area contributed by atoms with E-state index < -0.39 is 6.04 Å². The molecule has 1 aliphatic heterocycles. The predicted octanol–water partition coefficient (Wildman–Crippen LogP) is 0.330. The van der Waals surface area contributed by atoms with Crippen LogP contribution in [-0.4, -0.2) is 32.2 Å². The molecule has 14 heavy (non-hydrogen) atoms. The second kappa shape index (κ2) is 8.29. The smallest absolute Gasteiger partial charge is 0.322 e. The van der Waals surface area contributed by atoms with Crippen LogP contribution in [0.25, 0.3) is 0 Å². The zero-order valence-corrected chi connectivity index (χ0v) is 9.83. The zero-order chi connectivity index (χ0) is 8.97. The fourth-order valence-corrected chi connectivity index (χ4v) is 1.53. The van der Waals surface area contributed by atoms with Crippen molar-refractivity contribution in [2.24, 2.45) is 11.7 Å². The number of piperidine rings is 1. The number of methoxy groups -OCH3 is 1. The molecule has 0 aromatic heterocycles. The average molecular weight is 245 g/mol. The van der Waals surface area contributed by atoms with Gasteiger partial charge in [-0.15, -0.1) is 24.8 Å². The molecule has 4 nitrogen and oxygen atoms in total. The molecule has 0 bridgehead atoms. The first-order valence-corrected chi connectivity index (χ1v) is 4.30. The van der Waals surface area contributed by atoms with Gasteiger partial charge < -0.3 is 15.8 Å². The highest BCUT2D eigenvalue weighted by Gasteiger charge is 2.26. The number of halogens is 2. The second-order valence-corrected chi connectivity index (χ2v) is 3.14. The van der Waals surface area contributed by atoms with Gasteiger partial charge in [0.1, 0.15) is 6.04 Å². The molecule has 0 aromatic rings. The average Bonchev–Trinajstić information content (AvgIpc) is 2.17. The molecule has 1 unspecified atom stereocenters. The minimum absolute atomic E-state index is 0. The molecule has 86 valence electrons. The number of carbonyl (C=O) groups excluding carboxylic acids is 1. The lowest BCUT2D eigenvalue weighted by atomic mass is 9.91. The van der Waals surface area contributed by atoms with Crippen molar-refractivity contribution in [3.63, 3.8) is 0 Å². The Morgan fingerprint density at radius 1 is 1.43 bits per heavy atom. The van der Waals surface area contributed by atoms with Gasteiger partial charge in [-0.2, -0.15) is 0 Å². The Balaban J connectivity index is 0. The van der Waals surface area contributed by atoms with Crippen LogP contribution >= 0.6 is 24.8 Å². The largest absolute Gasteiger partial charge is 0.468 e. The van der Waals surface area contributed by atoms with Gasteiger partial charge in [-0.3, -0.25) is 4.79 Å². The summed E-state index contributed by atoms with van der Waals surface area (Å²) in [5, 5.41) is 3.22. The summed E-state index contributed by atoms with van der Waals surface area (Å²) < 4.78 is 4.58. The first kappa shape index (κ1) is 16.4. The van der Waals surface area contributed by atoms with Gasteiger partial charge in [0.05, 0.1) is 7.11 Å². The quantitative estimate of drug-likeness (QED) is 0.688. The van der Waals surface area contributed by atoms with Crippen molar-refractivity contribution in [3.8, 4) is 0 Å². The maximum absolute atomic E-state index is 11.0. The van der Waals surface area contributed by atoms with Gasteiger partial charge in [0.2, 0.25) is 0 Å². The molecule has 6 heteroatoms. The number of nitrogens with one attached hydrogen (secondary N) is 1. The summed E-state index contributed by atoms with van der Waals surface area (Å²) in [5.74, 6) is 0.000556. The molecular weight excluding hydrogens is 227 g/mol. The van der Waals surface area contributed by atoms with E-state index in [9.17, 15) is 4.79 Å². The number of ether oxygens (including phenoxy) is 1. The second-order valence-electron chi connectivity index (χ2n) is 3.14. The first-order valence-electron chi connectivity index (χ1n) is 4.30. The Morgan fingerprint density at radius 3 is 2.36 bits per heavy atom. The fourth-order valence-electron chi connectivity index (χ4n) is 1.53. The Kier molecular flexibility index (Phi) is 9.72. The molecule has 0 saturated carbocycles. The van der Waals surface area contributed by atoms with Gasteiger partial charge in [-0.25, -0.2) is 0 Å². The monoisotopic (exact) mass is 244 g/mol. The summed E-state index contributed by atoms with van der Waals surface area (Å²) in [6.07, 6.45) is 1.94. The van der Waals surface area contributed by atoms with Crippen LogP contribution in [0.5, 0.6) is 0 Å². The summed E-state index contributed by atoms with van der Waals surface area (Å²) in [5.41, 5.74) is 5.70. The van der Waals surface area contributed by atoms with Crippen LogP contribution in [0, 0.1) is 5.92 Å². The lowest BCUT2D eigenvalue weighted by Gasteiger charge is -2.26. The summed E-state index contributed by atoms with van der Waals surface area (Å²) >= 11 is 0. The third-order valence-corrected chi connectivity index (χ3v) is 2.37. The molecule has 0 aliphatic carbocycles. The van der Waals surface area contributed by atoms with Crippen LogP contribution < -0.4 is 11.1 Å². The van der Waals surface area contributed by atoms with Gasteiger partial charge in [-0.1, -0.05) is 0 Å². The summed E-state index contributed by atoms with van der Waals surface area (Å²) in [4.78, 5) is 11.0. The van der Waals surface area contributed by atoms with Crippen LogP contribution in [-0.2, 0) is 9.53 Å². The number of nitrogens with two attached hydrogens (primary N) is 1. The molecule has 0 amide bonds. The first-order chi connectivity index (χ1) is 5.75. The van der Waals surface area contributed by atoms with Crippen molar-refractivity contribution in [1.29, 1.82) is 0 Å². The van der Waals surface area contributed by atoms with E-state index in [1.54, 1.807) is 0 Å².